The van der Waals surface area contributed by atoms with Gasteiger partial charge in [-0.2, -0.15) is 0 Å². The molecular weight excluding hydrogens is 244 g/mol. The van der Waals surface area contributed by atoms with Gasteiger partial charge in [0.2, 0.25) is 0 Å². The van der Waals surface area contributed by atoms with Crippen molar-refractivity contribution < 1.29 is 0 Å². The zero-order chi connectivity index (χ0) is 13.2. The van der Waals surface area contributed by atoms with Gasteiger partial charge in [-0.1, -0.05) is 37.6 Å². The number of para-hydroxylation sites is 1. The van der Waals surface area contributed by atoms with Crippen LogP contribution in [0.1, 0.15) is 33.6 Å². The highest BCUT2D eigenvalue weighted by atomic mass is 35.5. The first kappa shape index (κ1) is 13.7. The van der Waals surface area contributed by atoms with Crippen LogP contribution >= 0.6 is 11.6 Å². The van der Waals surface area contributed by atoms with Gasteiger partial charge in [0.15, 0.2) is 0 Å². The molecule has 0 aliphatic carbocycles. The van der Waals surface area contributed by atoms with Crippen LogP contribution < -0.4 is 10.2 Å². The molecule has 2 nitrogen and oxygen atoms in total. The number of piperazine rings is 1. The van der Waals surface area contributed by atoms with Gasteiger partial charge < -0.3 is 10.2 Å². The molecule has 1 unspecified atom stereocenters. The van der Waals surface area contributed by atoms with Crippen LogP contribution in [0.25, 0.3) is 0 Å². The normalized spacial score (nSPS) is 23.1. The van der Waals surface area contributed by atoms with Crippen LogP contribution in [0.2, 0.25) is 5.02 Å². The van der Waals surface area contributed by atoms with Crippen molar-refractivity contribution in [3.63, 3.8) is 0 Å². The molecule has 2 rings (SSSR count). The Morgan fingerprint density at radius 2 is 2.00 bits per heavy atom. The van der Waals surface area contributed by atoms with E-state index in [1.807, 2.05) is 12.1 Å². The summed E-state index contributed by atoms with van der Waals surface area (Å²) in [6.07, 6.45) is 2.30. The van der Waals surface area contributed by atoms with Crippen LogP contribution in [0, 0.1) is 0 Å². The van der Waals surface area contributed by atoms with Gasteiger partial charge in [-0.15, -0.1) is 0 Å². The van der Waals surface area contributed by atoms with Crippen molar-refractivity contribution >= 4 is 17.3 Å². The summed E-state index contributed by atoms with van der Waals surface area (Å²) in [5, 5.41) is 4.57. The maximum Gasteiger partial charge on any atom is 0.0639 e. The number of rotatable bonds is 3. The zero-order valence-electron chi connectivity index (χ0n) is 11.5. The molecule has 3 heteroatoms. The maximum atomic E-state index is 6.34. The van der Waals surface area contributed by atoms with Crippen LogP contribution in [0.3, 0.4) is 0 Å². The maximum absolute atomic E-state index is 6.34. The fraction of sp³-hybridized carbons (Fsp3) is 0.600. The number of hydrogen-bond donors (Lipinski definition) is 1. The summed E-state index contributed by atoms with van der Waals surface area (Å²) >= 11 is 6.34. The molecule has 0 amide bonds. The molecule has 18 heavy (non-hydrogen) atoms. The number of benzene rings is 1. The molecule has 1 N–H and O–H groups in total. The molecule has 0 bridgehead atoms. The lowest BCUT2D eigenvalue weighted by Gasteiger charge is -2.48. The Labute approximate surface area is 115 Å². The topological polar surface area (TPSA) is 15.3 Å². The van der Waals surface area contributed by atoms with Gasteiger partial charge >= 0.3 is 0 Å². The van der Waals surface area contributed by atoms with Crippen LogP contribution in [-0.4, -0.2) is 24.7 Å². The molecule has 100 valence electrons. The van der Waals surface area contributed by atoms with Crippen LogP contribution in [0.4, 0.5) is 5.69 Å². The van der Waals surface area contributed by atoms with Gasteiger partial charge in [0.25, 0.3) is 0 Å². The summed E-state index contributed by atoms with van der Waals surface area (Å²) < 4.78 is 0. The molecular formula is C15H23ClN2. The Bertz CT molecular complexity index is 401. The molecule has 1 aliphatic rings. The molecule has 1 saturated heterocycles. The van der Waals surface area contributed by atoms with E-state index >= 15 is 0 Å². The lowest BCUT2D eigenvalue weighted by atomic mass is 9.88. The van der Waals surface area contributed by atoms with Gasteiger partial charge in [0, 0.05) is 24.7 Å². The van der Waals surface area contributed by atoms with E-state index in [0.29, 0.717) is 6.04 Å². The fourth-order valence-electron chi connectivity index (χ4n) is 2.74. The first-order chi connectivity index (χ1) is 8.62. The first-order valence-electron chi connectivity index (χ1n) is 6.88. The van der Waals surface area contributed by atoms with E-state index in [9.17, 15) is 0 Å². The molecule has 0 spiro atoms. The summed E-state index contributed by atoms with van der Waals surface area (Å²) in [6.45, 7) is 8.83. The second-order valence-corrected chi connectivity index (χ2v) is 5.70. The molecule has 1 atom stereocenters. The fourth-order valence-corrected chi connectivity index (χ4v) is 2.99. The minimum absolute atomic E-state index is 0.228. The average Bonchev–Trinajstić information content (AvgIpc) is 2.41. The zero-order valence-corrected chi connectivity index (χ0v) is 12.3. The van der Waals surface area contributed by atoms with E-state index in [2.05, 4.69) is 43.1 Å². The molecule has 1 aliphatic heterocycles. The number of hydrogen-bond acceptors (Lipinski definition) is 2. The predicted molar refractivity (Wildman–Crippen MR) is 79.6 cm³/mol. The second-order valence-electron chi connectivity index (χ2n) is 5.30. The quantitative estimate of drug-likeness (QED) is 0.898. The van der Waals surface area contributed by atoms with E-state index in [0.717, 1.165) is 31.0 Å². The first-order valence-corrected chi connectivity index (χ1v) is 7.26. The molecule has 1 heterocycles. The highest BCUT2D eigenvalue weighted by Crippen LogP contribution is 2.32. The molecule has 1 fully saturated rings. The lowest BCUT2D eigenvalue weighted by Crippen LogP contribution is -2.63. The van der Waals surface area contributed by atoms with Crippen molar-refractivity contribution in [3.05, 3.63) is 29.3 Å². The monoisotopic (exact) mass is 266 g/mol. The van der Waals surface area contributed by atoms with E-state index in [-0.39, 0.29) is 5.54 Å². The van der Waals surface area contributed by atoms with Crippen LogP contribution in [-0.2, 0) is 0 Å². The van der Waals surface area contributed by atoms with Gasteiger partial charge in [0.1, 0.15) is 0 Å². The lowest BCUT2D eigenvalue weighted by molar-refractivity contribution is 0.254. The van der Waals surface area contributed by atoms with Crippen molar-refractivity contribution in [2.75, 3.05) is 18.0 Å². The van der Waals surface area contributed by atoms with Gasteiger partial charge in [-0.3, -0.25) is 0 Å². The molecule has 1 aromatic rings. The highest BCUT2D eigenvalue weighted by Gasteiger charge is 2.35. The highest BCUT2D eigenvalue weighted by molar-refractivity contribution is 6.33. The van der Waals surface area contributed by atoms with Crippen molar-refractivity contribution in [1.29, 1.82) is 0 Å². The Morgan fingerprint density at radius 1 is 1.33 bits per heavy atom. The predicted octanol–water partition coefficient (Wildman–Crippen LogP) is 3.70. The van der Waals surface area contributed by atoms with Crippen molar-refractivity contribution in [2.45, 2.75) is 45.2 Å². The molecule has 0 radical (unpaired) electrons. The van der Waals surface area contributed by atoms with Crippen LogP contribution in [0.15, 0.2) is 24.3 Å². The third kappa shape index (κ3) is 2.50. The smallest absolute Gasteiger partial charge is 0.0639 e. The third-order valence-electron chi connectivity index (χ3n) is 4.29. The van der Waals surface area contributed by atoms with E-state index < -0.39 is 0 Å². The number of nitrogens with one attached hydrogen (secondary N) is 1. The summed E-state index contributed by atoms with van der Waals surface area (Å²) in [7, 11) is 0. The van der Waals surface area contributed by atoms with Crippen molar-refractivity contribution in [3.8, 4) is 0 Å². The average molecular weight is 267 g/mol. The second kappa shape index (κ2) is 5.50. The van der Waals surface area contributed by atoms with Crippen molar-refractivity contribution in [2.24, 2.45) is 0 Å². The Hall–Kier alpha value is -0.730. The molecule has 1 aromatic carbocycles. The van der Waals surface area contributed by atoms with Gasteiger partial charge in [0.05, 0.1) is 10.7 Å². The van der Waals surface area contributed by atoms with Gasteiger partial charge in [-0.05, 0) is 31.9 Å². The van der Waals surface area contributed by atoms with E-state index in [4.69, 9.17) is 11.6 Å². The minimum Gasteiger partial charge on any atom is -0.364 e. The Kier molecular flexibility index (Phi) is 4.18. The number of halogens is 1. The number of nitrogens with zero attached hydrogens (tertiary/aromatic N) is 1. The summed E-state index contributed by atoms with van der Waals surface area (Å²) in [5.41, 5.74) is 1.39. The standard InChI is InChI=1S/C15H23ClN2/c1-4-15(5-2)11-18(12(3)10-17-15)14-9-7-6-8-13(14)16/h6-9,12,17H,4-5,10-11H2,1-3H3. The van der Waals surface area contributed by atoms with Gasteiger partial charge in [-0.25, -0.2) is 0 Å². The Balaban J connectivity index is 2.28. The van der Waals surface area contributed by atoms with E-state index in [1.54, 1.807) is 0 Å². The van der Waals surface area contributed by atoms with E-state index in [1.165, 1.54) is 5.69 Å². The minimum atomic E-state index is 0.228. The summed E-state index contributed by atoms with van der Waals surface area (Å²) in [6, 6.07) is 8.64. The summed E-state index contributed by atoms with van der Waals surface area (Å²) in [5.74, 6) is 0. The number of anilines is 1. The summed E-state index contributed by atoms with van der Waals surface area (Å²) in [4.78, 5) is 2.45. The molecule has 0 aromatic heterocycles. The Morgan fingerprint density at radius 3 is 2.61 bits per heavy atom. The van der Waals surface area contributed by atoms with Crippen molar-refractivity contribution in [1.82, 2.24) is 5.32 Å². The molecule has 0 saturated carbocycles. The third-order valence-corrected chi connectivity index (χ3v) is 4.61. The SMILES string of the molecule is CCC1(CC)CN(c2ccccc2Cl)C(C)CN1. The van der Waals surface area contributed by atoms with Crippen LogP contribution in [0.5, 0.6) is 0 Å². The largest absolute Gasteiger partial charge is 0.364 e.